The van der Waals surface area contributed by atoms with E-state index in [2.05, 4.69) is 10.6 Å². The van der Waals surface area contributed by atoms with Crippen LogP contribution in [0.25, 0.3) is 0 Å². The lowest BCUT2D eigenvalue weighted by atomic mass is 10.2. The van der Waals surface area contributed by atoms with Gasteiger partial charge in [0.2, 0.25) is 0 Å². The number of thiocarbonyl (C=S) groups is 1. The standard InChI is InChI=1S/C15H15FN2S/c1-11-7-8-13(16)9-14(11)18-15(19)17-10-12-5-3-2-4-6-12/h2-9H,10H2,1H3,(H2,17,18,19). The van der Waals surface area contributed by atoms with Crippen molar-refractivity contribution in [3.8, 4) is 0 Å². The van der Waals surface area contributed by atoms with Crippen molar-refractivity contribution in [3.63, 3.8) is 0 Å². The fourth-order valence-electron chi connectivity index (χ4n) is 1.67. The summed E-state index contributed by atoms with van der Waals surface area (Å²) in [7, 11) is 0. The Morgan fingerprint density at radius 2 is 1.89 bits per heavy atom. The van der Waals surface area contributed by atoms with Crippen LogP contribution >= 0.6 is 12.2 Å². The minimum absolute atomic E-state index is 0.279. The van der Waals surface area contributed by atoms with Gasteiger partial charge in [-0.25, -0.2) is 4.39 Å². The average molecular weight is 274 g/mol. The number of rotatable bonds is 3. The number of halogens is 1. The summed E-state index contributed by atoms with van der Waals surface area (Å²) in [5.41, 5.74) is 2.78. The summed E-state index contributed by atoms with van der Waals surface area (Å²) in [6.07, 6.45) is 0. The minimum Gasteiger partial charge on any atom is -0.358 e. The molecule has 2 N–H and O–H groups in total. The zero-order valence-corrected chi connectivity index (χ0v) is 11.4. The average Bonchev–Trinajstić information content (AvgIpc) is 2.42. The van der Waals surface area contributed by atoms with Gasteiger partial charge in [0.05, 0.1) is 0 Å². The van der Waals surface area contributed by atoms with Crippen LogP contribution < -0.4 is 10.6 Å². The normalized spacial score (nSPS) is 10.0. The second-order valence-electron chi connectivity index (χ2n) is 4.25. The van der Waals surface area contributed by atoms with E-state index >= 15 is 0 Å². The zero-order valence-electron chi connectivity index (χ0n) is 10.6. The lowest BCUT2D eigenvalue weighted by Crippen LogP contribution is -2.28. The second-order valence-corrected chi connectivity index (χ2v) is 4.66. The molecule has 2 aromatic rings. The highest BCUT2D eigenvalue weighted by atomic mass is 32.1. The first-order chi connectivity index (χ1) is 9.15. The van der Waals surface area contributed by atoms with E-state index in [0.29, 0.717) is 17.3 Å². The van der Waals surface area contributed by atoms with E-state index in [1.54, 1.807) is 6.07 Å². The van der Waals surface area contributed by atoms with Crippen LogP contribution in [0.2, 0.25) is 0 Å². The van der Waals surface area contributed by atoms with Crippen LogP contribution in [0.3, 0.4) is 0 Å². The molecule has 0 spiro atoms. The summed E-state index contributed by atoms with van der Waals surface area (Å²) in [6, 6.07) is 14.5. The molecule has 0 bridgehead atoms. The molecule has 0 aliphatic heterocycles. The van der Waals surface area contributed by atoms with Gasteiger partial charge in [0, 0.05) is 12.2 Å². The zero-order chi connectivity index (χ0) is 13.7. The SMILES string of the molecule is Cc1ccc(F)cc1NC(=S)NCc1ccccc1. The van der Waals surface area contributed by atoms with E-state index in [4.69, 9.17) is 12.2 Å². The van der Waals surface area contributed by atoms with Crippen molar-refractivity contribution in [2.75, 3.05) is 5.32 Å². The van der Waals surface area contributed by atoms with Crippen molar-refractivity contribution in [1.29, 1.82) is 0 Å². The Hall–Kier alpha value is -1.94. The largest absolute Gasteiger partial charge is 0.358 e. The molecule has 0 aliphatic rings. The van der Waals surface area contributed by atoms with Crippen LogP contribution in [-0.4, -0.2) is 5.11 Å². The topological polar surface area (TPSA) is 24.1 Å². The fraction of sp³-hybridized carbons (Fsp3) is 0.133. The third kappa shape index (κ3) is 4.03. The molecule has 2 nitrogen and oxygen atoms in total. The molecule has 0 fully saturated rings. The molecule has 0 atom stereocenters. The molecule has 0 unspecified atom stereocenters. The number of anilines is 1. The van der Waals surface area contributed by atoms with E-state index in [1.807, 2.05) is 37.3 Å². The lowest BCUT2D eigenvalue weighted by molar-refractivity contribution is 0.628. The van der Waals surface area contributed by atoms with Crippen LogP contribution in [0.4, 0.5) is 10.1 Å². The molecule has 0 heterocycles. The maximum atomic E-state index is 13.1. The number of nitrogens with one attached hydrogen (secondary N) is 2. The molecule has 19 heavy (non-hydrogen) atoms. The van der Waals surface area contributed by atoms with Gasteiger partial charge < -0.3 is 10.6 Å². The quantitative estimate of drug-likeness (QED) is 0.836. The van der Waals surface area contributed by atoms with Gasteiger partial charge >= 0.3 is 0 Å². The summed E-state index contributed by atoms with van der Waals surface area (Å²) in [5.74, 6) is -0.279. The number of aryl methyl sites for hydroxylation is 1. The lowest BCUT2D eigenvalue weighted by Gasteiger charge is -2.12. The maximum Gasteiger partial charge on any atom is 0.171 e. The first-order valence-electron chi connectivity index (χ1n) is 6.00. The summed E-state index contributed by atoms with van der Waals surface area (Å²) >= 11 is 5.19. The van der Waals surface area contributed by atoms with Gasteiger partial charge in [0.15, 0.2) is 5.11 Å². The maximum absolute atomic E-state index is 13.1. The summed E-state index contributed by atoms with van der Waals surface area (Å²) in [6.45, 7) is 2.54. The molecule has 0 saturated heterocycles. The van der Waals surface area contributed by atoms with Gasteiger partial charge in [0.1, 0.15) is 5.82 Å². The van der Waals surface area contributed by atoms with Crippen molar-refractivity contribution in [1.82, 2.24) is 5.32 Å². The third-order valence-electron chi connectivity index (χ3n) is 2.74. The summed E-state index contributed by atoms with van der Waals surface area (Å²) in [4.78, 5) is 0. The van der Waals surface area contributed by atoms with Gasteiger partial charge in [-0.2, -0.15) is 0 Å². The first-order valence-corrected chi connectivity index (χ1v) is 6.41. The minimum atomic E-state index is -0.279. The van der Waals surface area contributed by atoms with Crippen LogP contribution in [0.5, 0.6) is 0 Å². The predicted octanol–water partition coefficient (Wildman–Crippen LogP) is 3.62. The summed E-state index contributed by atoms with van der Waals surface area (Å²) in [5, 5.41) is 6.58. The monoisotopic (exact) mass is 274 g/mol. The van der Waals surface area contributed by atoms with Crippen molar-refractivity contribution in [3.05, 3.63) is 65.5 Å². The predicted molar refractivity (Wildman–Crippen MR) is 80.6 cm³/mol. The highest BCUT2D eigenvalue weighted by molar-refractivity contribution is 7.80. The molecular weight excluding hydrogens is 259 g/mol. The molecule has 0 aromatic heterocycles. The molecule has 98 valence electrons. The summed E-state index contributed by atoms with van der Waals surface area (Å²) < 4.78 is 13.1. The molecule has 2 aromatic carbocycles. The fourth-order valence-corrected chi connectivity index (χ4v) is 1.86. The second kappa shape index (κ2) is 6.29. The highest BCUT2D eigenvalue weighted by Crippen LogP contribution is 2.15. The number of hydrogen-bond donors (Lipinski definition) is 2. The van der Waals surface area contributed by atoms with Gasteiger partial charge in [-0.05, 0) is 42.4 Å². The van der Waals surface area contributed by atoms with E-state index in [0.717, 1.165) is 11.1 Å². The van der Waals surface area contributed by atoms with Crippen molar-refractivity contribution in [2.24, 2.45) is 0 Å². The first kappa shape index (κ1) is 13.5. The van der Waals surface area contributed by atoms with E-state index in [1.165, 1.54) is 12.1 Å². The highest BCUT2D eigenvalue weighted by Gasteiger charge is 2.02. The Bertz CT molecular complexity index is 570. The van der Waals surface area contributed by atoms with Gasteiger partial charge in [-0.15, -0.1) is 0 Å². The molecule has 4 heteroatoms. The molecular formula is C15H15FN2S. The van der Waals surface area contributed by atoms with Gasteiger partial charge in [-0.1, -0.05) is 36.4 Å². The Morgan fingerprint density at radius 3 is 2.63 bits per heavy atom. The van der Waals surface area contributed by atoms with Crippen LogP contribution in [0.15, 0.2) is 48.5 Å². The van der Waals surface area contributed by atoms with Crippen LogP contribution in [0, 0.1) is 12.7 Å². The third-order valence-corrected chi connectivity index (χ3v) is 2.99. The number of hydrogen-bond acceptors (Lipinski definition) is 1. The molecule has 0 saturated carbocycles. The van der Waals surface area contributed by atoms with Gasteiger partial charge in [0.25, 0.3) is 0 Å². The molecule has 0 aliphatic carbocycles. The van der Waals surface area contributed by atoms with E-state index in [9.17, 15) is 4.39 Å². The Morgan fingerprint density at radius 1 is 1.16 bits per heavy atom. The van der Waals surface area contributed by atoms with Crippen LogP contribution in [0.1, 0.15) is 11.1 Å². The number of benzene rings is 2. The Balaban J connectivity index is 1.93. The van der Waals surface area contributed by atoms with Crippen LogP contribution in [-0.2, 0) is 6.54 Å². The van der Waals surface area contributed by atoms with E-state index in [-0.39, 0.29) is 5.82 Å². The van der Waals surface area contributed by atoms with E-state index < -0.39 is 0 Å². The van der Waals surface area contributed by atoms with Gasteiger partial charge in [-0.3, -0.25) is 0 Å². The smallest absolute Gasteiger partial charge is 0.171 e. The molecule has 0 radical (unpaired) electrons. The Kier molecular flexibility index (Phi) is 4.47. The molecule has 0 amide bonds. The van der Waals surface area contributed by atoms with Crippen molar-refractivity contribution >= 4 is 23.0 Å². The van der Waals surface area contributed by atoms with Crippen molar-refractivity contribution < 1.29 is 4.39 Å². The van der Waals surface area contributed by atoms with Crippen molar-refractivity contribution in [2.45, 2.75) is 13.5 Å². The Labute approximate surface area is 117 Å². The molecule has 2 rings (SSSR count).